The molecule has 0 aliphatic heterocycles. The number of nitrogens with one attached hydrogen (secondary N) is 4. The summed E-state index contributed by atoms with van der Waals surface area (Å²) < 4.78 is 27.6. The molecule has 0 radical (unpaired) electrons. The fourth-order valence-corrected chi connectivity index (χ4v) is 3.45. The number of hydrogen-bond donors (Lipinski definition) is 4. The standard InChI is InChI=1S/C10H18N8O2S/c1-4-11-5-8-9(6(2)12-13-8)21(19,20)16-7(3)10-14-17-18-15-10/h7,11,16H,4-5H2,1-3H3,(H,12,13)(H,14,15,17,18). The molecule has 0 aromatic carbocycles. The van der Waals surface area contributed by atoms with Crippen LogP contribution in [0.4, 0.5) is 0 Å². The average Bonchev–Trinajstić information content (AvgIpc) is 3.05. The maximum Gasteiger partial charge on any atom is 0.244 e. The van der Waals surface area contributed by atoms with Crippen LogP contribution < -0.4 is 10.0 Å². The third-order valence-corrected chi connectivity index (χ3v) is 4.60. The van der Waals surface area contributed by atoms with Crippen molar-refractivity contribution in [1.82, 2.24) is 40.9 Å². The van der Waals surface area contributed by atoms with Crippen LogP contribution in [0.15, 0.2) is 4.90 Å². The molecule has 0 saturated heterocycles. The van der Waals surface area contributed by atoms with E-state index in [4.69, 9.17) is 0 Å². The van der Waals surface area contributed by atoms with E-state index in [1.807, 2.05) is 6.92 Å². The van der Waals surface area contributed by atoms with Gasteiger partial charge in [-0.1, -0.05) is 12.1 Å². The fourth-order valence-electron chi connectivity index (χ4n) is 1.89. The first-order valence-corrected chi connectivity index (χ1v) is 7.94. The molecule has 2 aromatic heterocycles. The lowest BCUT2D eigenvalue weighted by Crippen LogP contribution is -2.29. The molecule has 1 unspecified atom stereocenters. The SMILES string of the molecule is CCNCc1n[nH]c(C)c1S(=O)(=O)NC(C)c1nn[nH]n1. The molecular formula is C10H18N8O2S. The molecule has 2 rings (SSSR count). The molecule has 1 atom stereocenters. The molecule has 116 valence electrons. The van der Waals surface area contributed by atoms with E-state index >= 15 is 0 Å². The van der Waals surface area contributed by atoms with Crippen molar-refractivity contribution < 1.29 is 8.42 Å². The van der Waals surface area contributed by atoms with E-state index in [1.54, 1.807) is 13.8 Å². The maximum atomic E-state index is 12.5. The van der Waals surface area contributed by atoms with Gasteiger partial charge >= 0.3 is 0 Å². The summed E-state index contributed by atoms with van der Waals surface area (Å²) >= 11 is 0. The minimum Gasteiger partial charge on any atom is -0.311 e. The summed E-state index contributed by atoms with van der Waals surface area (Å²) in [7, 11) is -3.74. The Balaban J connectivity index is 2.25. The minimum atomic E-state index is -3.74. The quantitative estimate of drug-likeness (QED) is 0.533. The van der Waals surface area contributed by atoms with Crippen molar-refractivity contribution in [3.8, 4) is 0 Å². The molecule has 10 nitrogen and oxygen atoms in total. The van der Waals surface area contributed by atoms with Crippen LogP contribution >= 0.6 is 0 Å². The Morgan fingerprint density at radius 1 is 1.33 bits per heavy atom. The molecular weight excluding hydrogens is 296 g/mol. The normalized spacial score (nSPS) is 13.5. The van der Waals surface area contributed by atoms with Gasteiger partial charge in [0.2, 0.25) is 10.0 Å². The van der Waals surface area contributed by atoms with Crippen molar-refractivity contribution >= 4 is 10.0 Å². The Morgan fingerprint density at radius 2 is 2.10 bits per heavy atom. The van der Waals surface area contributed by atoms with Crippen LogP contribution in [0.25, 0.3) is 0 Å². The van der Waals surface area contributed by atoms with E-state index in [9.17, 15) is 8.42 Å². The van der Waals surface area contributed by atoms with Crippen LogP contribution in [0.3, 0.4) is 0 Å². The summed E-state index contributed by atoms with van der Waals surface area (Å²) in [6.07, 6.45) is 0. The molecule has 0 spiro atoms. The molecule has 0 amide bonds. The molecule has 0 aliphatic rings. The molecule has 11 heteroatoms. The van der Waals surface area contributed by atoms with Crippen LogP contribution in [-0.2, 0) is 16.6 Å². The number of nitrogens with zero attached hydrogens (tertiary/aromatic N) is 4. The van der Waals surface area contributed by atoms with Gasteiger partial charge in [0.15, 0.2) is 5.82 Å². The van der Waals surface area contributed by atoms with Crippen molar-refractivity contribution in [2.75, 3.05) is 6.54 Å². The Morgan fingerprint density at radius 3 is 2.71 bits per heavy atom. The van der Waals surface area contributed by atoms with Gasteiger partial charge in [0.05, 0.1) is 17.4 Å². The summed E-state index contributed by atoms with van der Waals surface area (Å²) in [6.45, 7) is 6.33. The predicted octanol–water partition coefficient (Wildman–Crippen LogP) is -0.620. The van der Waals surface area contributed by atoms with E-state index in [0.717, 1.165) is 6.54 Å². The van der Waals surface area contributed by atoms with Gasteiger partial charge in [-0.15, -0.1) is 10.2 Å². The highest BCUT2D eigenvalue weighted by atomic mass is 32.2. The van der Waals surface area contributed by atoms with Gasteiger partial charge in [0.1, 0.15) is 4.90 Å². The zero-order valence-electron chi connectivity index (χ0n) is 12.0. The Hall–Kier alpha value is -1.85. The molecule has 4 N–H and O–H groups in total. The van der Waals surface area contributed by atoms with Crippen molar-refractivity contribution in [3.05, 3.63) is 17.2 Å². The van der Waals surface area contributed by atoms with Gasteiger partial charge in [0, 0.05) is 6.54 Å². The zero-order valence-corrected chi connectivity index (χ0v) is 12.8. The second-order valence-corrected chi connectivity index (χ2v) is 6.17. The van der Waals surface area contributed by atoms with Crippen molar-refractivity contribution in [2.45, 2.75) is 38.3 Å². The van der Waals surface area contributed by atoms with Gasteiger partial charge in [-0.25, -0.2) is 13.1 Å². The fraction of sp³-hybridized carbons (Fsp3) is 0.600. The number of rotatable bonds is 7. The van der Waals surface area contributed by atoms with Gasteiger partial charge in [-0.05, 0) is 20.4 Å². The molecule has 0 saturated carbocycles. The highest BCUT2D eigenvalue weighted by Crippen LogP contribution is 2.19. The first-order chi connectivity index (χ1) is 9.95. The van der Waals surface area contributed by atoms with Crippen LogP contribution in [0.1, 0.15) is 37.1 Å². The summed E-state index contributed by atoms with van der Waals surface area (Å²) in [4.78, 5) is 0.152. The summed E-state index contributed by atoms with van der Waals surface area (Å²) in [5.41, 5.74) is 0.929. The largest absolute Gasteiger partial charge is 0.311 e. The van der Waals surface area contributed by atoms with Gasteiger partial charge in [0.25, 0.3) is 0 Å². The molecule has 0 aliphatic carbocycles. The number of aryl methyl sites for hydroxylation is 1. The van der Waals surface area contributed by atoms with Crippen molar-refractivity contribution in [3.63, 3.8) is 0 Å². The Bertz CT molecular complexity index is 678. The lowest BCUT2D eigenvalue weighted by atomic mass is 10.3. The van der Waals surface area contributed by atoms with Gasteiger partial charge < -0.3 is 5.32 Å². The van der Waals surface area contributed by atoms with E-state index in [0.29, 0.717) is 17.9 Å². The topological polar surface area (TPSA) is 141 Å². The molecule has 21 heavy (non-hydrogen) atoms. The maximum absolute atomic E-state index is 12.5. The molecule has 0 bridgehead atoms. The Labute approximate surface area is 122 Å². The first-order valence-electron chi connectivity index (χ1n) is 6.46. The lowest BCUT2D eigenvalue weighted by Gasteiger charge is -2.11. The zero-order chi connectivity index (χ0) is 15.5. The third kappa shape index (κ3) is 3.43. The average molecular weight is 314 g/mol. The monoisotopic (exact) mass is 314 g/mol. The summed E-state index contributed by atoms with van der Waals surface area (Å²) in [6, 6.07) is -0.602. The second-order valence-electron chi connectivity index (χ2n) is 4.52. The van der Waals surface area contributed by atoms with Crippen LogP contribution in [0.5, 0.6) is 0 Å². The van der Waals surface area contributed by atoms with E-state index in [-0.39, 0.29) is 10.7 Å². The summed E-state index contributed by atoms with van der Waals surface area (Å²) in [5.74, 6) is 0.271. The third-order valence-electron chi connectivity index (χ3n) is 2.85. The van der Waals surface area contributed by atoms with Crippen LogP contribution in [0.2, 0.25) is 0 Å². The smallest absolute Gasteiger partial charge is 0.244 e. The summed E-state index contributed by atoms with van der Waals surface area (Å²) in [5, 5.41) is 23.0. The number of hydrogen-bond acceptors (Lipinski definition) is 7. The lowest BCUT2D eigenvalue weighted by molar-refractivity contribution is 0.557. The second kappa shape index (κ2) is 6.28. The van der Waals surface area contributed by atoms with Crippen LogP contribution in [-0.4, -0.2) is 45.8 Å². The number of aromatic nitrogens is 6. The van der Waals surface area contributed by atoms with Crippen molar-refractivity contribution in [1.29, 1.82) is 0 Å². The van der Waals surface area contributed by atoms with Crippen LogP contribution in [0, 0.1) is 6.92 Å². The number of H-pyrrole nitrogens is 2. The van der Waals surface area contributed by atoms with Gasteiger partial charge in [-0.3, -0.25) is 5.10 Å². The first kappa shape index (κ1) is 15.5. The van der Waals surface area contributed by atoms with E-state index in [2.05, 4.69) is 40.9 Å². The van der Waals surface area contributed by atoms with Crippen molar-refractivity contribution in [2.24, 2.45) is 0 Å². The molecule has 2 aromatic rings. The number of aromatic amines is 2. The predicted molar refractivity (Wildman–Crippen MR) is 73.6 cm³/mol. The van der Waals surface area contributed by atoms with E-state index in [1.165, 1.54) is 0 Å². The highest BCUT2D eigenvalue weighted by Gasteiger charge is 2.27. The van der Waals surface area contributed by atoms with E-state index < -0.39 is 16.1 Å². The highest BCUT2D eigenvalue weighted by molar-refractivity contribution is 7.89. The molecule has 2 heterocycles. The number of tetrazole rings is 1. The Kier molecular flexibility index (Phi) is 4.65. The minimum absolute atomic E-state index is 0.152. The van der Waals surface area contributed by atoms with Gasteiger partial charge in [-0.2, -0.15) is 10.3 Å². The number of sulfonamides is 1. The molecule has 0 fully saturated rings.